The number of hydrogen-bond donors (Lipinski definition) is 0. The third kappa shape index (κ3) is 2.23. The topological polar surface area (TPSA) is 21.1 Å². The number of rotatable bonds is 4. The summed E-state index contributed by atoms with van der Waals surface area (Å²) in [6.45, 7) is 2.03. The van der Waals surface area contributed by atoms with Crippen LogP contribution in [0.25, 0.3) is 5.69 Å². The molecule has 4 heteroatoms. The molecule has 0 saturated heterocycles. The van der Waals surface area contributed by atoms with E-state index < -0.39 is 0 Å². The van der Waals surface area contributed by atoms with E-state index in [-0.39, 0.29) is 0 Å². The fraction of sp³-hybridized carbons (Fsp3) is 0.400. The van der Waals surface area contributed by atoms with E-state index in [0.717, 1.165) is 22.8 Å². The van der Waals surface area contributed by atoms with Crippen LogP contribution in [0.4, 0.5) is 5.82 Å². The van der Waals surface area contributed by atoms with Crippen LogP contribution in [0.1, 0.15) is 24.1 Å². The fourth-order valence-corrected chi connectivity index (χ4v) is 2.76. The second-order valence-electron chi connectivity index (χ2n) is 5.11. The molecule has 1 aliphatic rings. The van der Waals surface area contributed by atoms with Crippen molar-refractivity contribution in [3.63, 3.8) is 0 Å². The summed E-state index contributed by atoms with van der Waals surface area (Å²) in [5.41, 5.74) is 3.24. The van der Waals surface area contributed by atoms with Gasteiger partial charge < -0.3 is 4.90 Å². The molecule has 1 fully saturated rings. The van der Waals surface area contributed by atoms with Crippen LogP contribution in [0.2, 0.25) is 0 Å². The number of aromatic nitrogens is 2. The maximum absolute atomic E-state index is 6.13. The molecule has 3 rings (SSSR count). The van der Waals surface area contributed by atoms with Crippen molar-refractivity contribution >= 4 is 17.4 Å². The number of anilines is 1. The minimum absolute atomic E-state index is 0.505. The first kappa shape index (κ1) is 12.5. The first-order valence-electron chi connectivity index (χ1n) is 6.65. The van der Waals surface area contributed by atoms with Crippen LogP contribution >= 0.6 is 11.6 Å². The van der Waals surface area contributed by atoms with Gasteiger partial charge in [-0.05, 0) is 31.9 Å². The molecule has 1 aliphatic carbocycles. The predicted octanol–water partition coefficient (Wildman–Crippen LogP) is 3.52. The Labute approximate surface area is 118 Å². The van der Waals surface area contributed by atoms with Gasteiger partial charge in [-0.1, -0.05) is 18.2 Å². The largest absolute Gasteiger partial charge is 0.356 e. The average molecular weight is 276 g/mol. The van der Waals surface area contributed by atoms with Crippen molar-refractivity contribution in [1.29, 1.82) is 0 Å². The molecule has 2 aromatic rings. The van der Waals surface area contributed by atoms with E-state index in [4.69, 9.17) is 11.6 Å². The molecular formula is C15H18ClN3. The number of halogens is 1. The van der Waals surface area contributed by atoms with Crippen molar-refractivity contribution in [3.05, 3.63) is 41.6 Å². The van der Waals surface area contributed by atoms with Crippen LogP contribution in [-0.4, -0.2) is 22.9 Å². The monoisotopic (exact) mass is 275 g/mol. The maximum atomic E-state index is 6.13. The van der Waals surface area contributed by atoms with Gasteiger partial charge in [0, 0.05) is 18.7 Å². The fourth-order valence-electron chi connectivity index (χ4n) is 2.45. The third-order valence-corrected chi connectivity index (χ3v) is 3.99. The van der Waals surface area contributed by atoms with E-state index in [1.54, 1.807) is 0 Å². The summed E-state index contributed by atoms with van der Waals surface area (Å²) in [4.78, 5) is 2.32. The highest BCUT2D eigenvalue weighted by molar-refractivity contribution is 6.17. The molecule has 1 heterocycles. The second kappa shape index (κ2) is 4.89. The SMILES string of the molecule is Cc1nn(-c2ccccc2)c(N(C)C2CC2)c1CCl. The van der Waals surface area contributed by atoms with E-state index in [0.29, 0.717) is 11.9 Å². The van der Waals surface area contributed by atoms with Gasteiger partial charge in [0.2, 0.25) is 0 Å². The van der Waals surface area contributed by atoms with E-state index >= 15 is 0 Å². The zero-order valence-corrected chi connectivity index (χ0v) is 12.1. The highest BCUT2D eigenvalue weighted by Gasteiger charge is 2.31. The average Bonchev–Trinajstić information content (AvgIpc) is 3.22. The highest BCUT2D eigenvalue weighted by atomic mass is 35.5. The number of nitrogens with zero attached hydrogens (tertiary/aromatic N) is 3. The van der Waals surface area contributed by atoms with E-state index in [9.17, 15) is 0 Å². The Morgan fingerprint density at radius 2 is 2.00 bits per heavy atom. The van der Waals surface area contributed by atoms with Gasteiger partial charge in [-0.2, -0.15) is 5.10 Å². The molecule has 0 amide bonds. The van der Waals surface area contributed by atoms with Crippen LogP contribution in [0.15, 0.2) is 30.3 Å². The molecule has 0 N–H and O–H groups in total. The molecule has 1 aromatic carbocycles. The smallest absolute Gasteiger partial charge is 0.137 e. The minimum Gasteiger partial charge on any atom is -0.356 e. The standard InChI is InChI=1S/C15H18ClN3/c1-11-14(10-16)15(18(2)12-8-9-12)19(17-11)13-6-4-3-5-7-13/h3-7,12H,8-10H2,1-2H3. The van der Waals surface area contributed by atoms with Crippen LogP contribution in [0, 0.1) is 6.92 Å². The lowest BCUT2D eigenvalue weighted by molar-refractivity contribution is 0.800. The second-order valence-corrected chi connectivity index (χ2v) is 5.38. The Balaban J connectivity index is 2.13. The van der Waals surface area contributed by atoms with Crippen LogP contribution in [-0.2, 0) is 5.88 Å². The zero-order valence-electron chi connectivity index (χ0n) is 11.3. The summed E-state index contributed by atoms with van der Waals surface area (Å²) in [6.07, 6.45) is 2.52. The van der Waals surface area contributed by atoms with Crippen molar-refractivity contribution in [1.82, 2.24) is 9.78 Å². The molecule has 0 atom stereocenters. The summed E-state index contributed by atoms with van der Waals surface area (Å²) in [5, 5.41) is 4.67. The van der Waals surface area contributed by atoms with Crippen molar-refractivity contribution in [2.24, 2.45) is 0 Å². The minimum atomic E-state index is 0.505. The Morgan fingerprint density at radius 3 is 2.58 bits per heavy atom. The van der Waals surface area contributed by atoms with E-state index in [1.165, 1.54) is 12.8 Å². The number of alkyl halides is 1. The van der Waals surface area contributed by atoms with Crippen LogP contribution < -0.4 is 4.90 Å². The number of para-hydroxylation sites is 1. The van der Waals surface area contributed by atoms with Crippen molar-refractivity contribution < 1.29 is 0 Å². The molecule has 0 aliphatic heterocycles. The molecule has 0 bridgehead atoms. The van der Waals surface area contributed by atoms with E-state index in [2.05, 4.69) is 29.2 Å². The summed E-state index contributed by atoms with van der Waals surface area (Å²) in [6, 6.07) is 10.9. The number of benzene rings is 1. The van der Waals surface area contributed by atoms with Gasteiger partial charge in [-0.3, -0.25) is 0 Å². The summed E-state index contributed by atoms with van der Waals surface area (Å²) < 4.78 is 2.02. The predicted molar refractivity (Wildman–Crippen MR) is 79.3 cm³/mol. The molecule has 100 valence electrons. The van der Waals surface area contributed by atoms with E-state index in [1.807, 2.05) is 29.8 Å². The van der Waals surface area contributed by atoms with Gasteiger partial charge in [0.05, 0.1) is 17.3 Å². The Hall–Kier alpha value is -1.48. The van der Waals surface area contributed by atoms with Crippen LogP contribution in [0.5, 0.6) is 0 Å². The van der Waals surface area contributed by atoms with Crippen molar-refractivity contribution in [3.8, 4) is 5.69 Å². The lowest BCUT2D eigenvalue weighted by atomic mass is 10.2. The van der Waals surface area contributed by atoms with Crippen molar-refractivity contribution in [2.75, 3.05) is 11.9 Å². The van der Waals surface area contributed by atoms with Gasteiger partial charge >= 0.3 is 0 Å². The zero-order chi connectivity index (χ0) is 13.4. The quantitative estimate of drug-likeness (QED) is 0.796. The van der Waals surface area contributed by atoms with Crippen LogP contribution in [0.3, 0.4) is 0 Å². The van der Waals surface area contributed by atoms with Gasteiger partial charge in [0.1, 0.15) is 5.82 Å². The lowest BCUT2D eigenvalue weighted by Crippen LogP contribution is -2.23. The Kier molecular flexibility index (Phi) is 3.23. The molecular weight excluding hydrogens is 258 g/mol. The Morgan fingerprint density at radius 1 is 1.32 bits per heavy atom. The first-order valence-corrected chi connectivity index (χ1v) is 7.18. The summed E-state index contributed by atoms with van der Waals surface area (Å²) in [5.74, 6) is 1.65. The van der Waals surface area contributed by atoms with Gasteiger partial charge in [-0.25, -0.2) is 4.68 Å². The number of aryl methyl sites for hydroxylation is 1. The summed E-state index contributed by atoms with van der Waals surface area (Å²) >= 11 is 6.13. The lowest BCUT2D eigenvalue weighted by Gasteiger charge is -2.21. The van der Waals surface area contributed by atoms with Crippen molar-refractivity contribution in [2.45, 2.75) is 31.7 Å². The molecule has 3 nitrogen and oxygen atoms in total. The maximum Gasteiger partial charge on any atom is 0.137 e. The first-order chi connectivity index (χ1) is 9.22. The Bertz CT molecular complexity index is 573. The third-order valence-electron chi connectivity index (χ3n) is 3.72. The van der Waals surface area contributed by atoms with Gasteiger partial charge in [0.25, 0.3) is 0 Å². The number of hydrogen-bond acceptors (Lipinski definition) is 2. The normalized spacial score (nSPS) is 14.7. The molecule has 1 aromatic heterocycles. The molecule has 0 radical (unpaired) electrons. The molecule has 19 heavy (non-hydrogen) atoms. The van der Waals surface area contributed by atoms with Gasteiger partial charge in [0.15, 0.2) is 0 Å². The summed E-state index contributed by atoms with van der Waals surface area (Å²) in [7, 11) is 2.14. The molecule has 1 saturated carbocycles. The molecule has 0 spiro atoms. The van der Waals surface area contributed by atoms with Gasteiger partial charge in [-0.15, -0.1) is 11.6 Å². The molecule has 0 unspecified atom stereocenters. The highest BCUT2D eigenvalue weighted by Crippen LogP contribution is 2.35.